The number of primary amides is 1. The van der Waals surface area contributed by atoms with E-state index in [4.69, 9.17) is 5.73 Å². The molecule has 1 heterocycles. The molecule has 0 radical (unpaired) electrons. The highest BCUT2D eigenvalue weighted by Crippen LogP contribution is 2.31. The van der Waals surface area contributed by atoms with Crippen LogP contribution in [0.2, 0.25) is 0 Å². The van der Waals surface area contributed by atoms with E-state index in [1.165, 1.54) is 0 Å². The van der Waals surface area contributed by atoms with Gasteiger partial charge >= 0.3 is 0 Å². The lowest BCUT2D eigenvalue weighted by molar-refractivity contribution is -0.125. The lowest BCUT2D eigenvalue weighted by Gasteiger charge is -2.33. The average molecular weight is 163 g/mol. The van der Waals surface area contributed by atoms with Crippen LogP contribution in [0.25, 0.3) is 0 Å². The second-order valence-electron chi connectivity index (χ2n) is 2.96. The van der Waals surface area contributed by atoms with Crippen molar-refractivity contribution >= 4 is 15.7 Å². The topological polar surface area (TPSA) is 77.2 Å². The smallest absolute Gasteiger partial charge is 0.225 e. The summed E-state index contributed by atoms with van der Waals surface area (Å²) in [5.74, 6) is -0.702. The molecule has 0 spiro atoms. The Morgan fingerprint density at radius 1 is 1.50 bits per heavy atom. The van der Waals surface area contributed by atoms with Crippen LogP contribution in [-0.2, 0) is 14.6 Å². The highest BCUT2D eigenvalue weighted by atomic mass is 32.2. The van der Waals surface area contributed by atoms with E-state index < -0.39 is 21.2 Å². The molecule has 0 aromatic carbocycles. The maximum atomic E-state index is 10.6. The van der Waals surface area contributed by atoms with Gasteiger partial charge < -0.3 is 5.73 Å². The molecule has 0 atom stereocenters. The van der Waals surface area contributed by atoms with E-state index in [-0.39, 0.29) is 11.5 Å². The zero-order valence-electron chi connectivity index (χ0n) is 5.62. The van der Waals surface area contributed by atoms with Crippen molar-refractivity contribution in [3.63, 3.8) is 0 Å². The first-order valence-corrected chi connectivity index (χ1v) is 4.68. The second-order valence-corrected chi connectivity index (χ2v) is 5.02. The van der Waals surface area contributed by atoms with Gasteiger partial charge in [0.05, 0.1) is 16.9 Å². The van der Waals surface area contributed by atoms with Crippen LogP contribution in [0.5, 0.6) is 0 Å². The van der Waals surface area contributed by atoms with Crippen LogP contribution in [0, 0.1) is 5.41 Å². The molecule has 1 amide bonds. The van der Waals surface area contributed by atoms with Crippen molar-refractivity contribution in [3.05, 3.63) is 0 Å². The summed E-state index contributed by atoms with van der Waals surface area (Å²) in [6.07, 6.45) is 0. The number of amides is 1. The number of nitrogens with two attached hydrogens (primary N) is 1. The molecule has 2 N–H and O–H groups in total. The van der Waals surface area contributed by atoms with E-state index >= 15 is 0 Å². The summed E-state index contributed by atoms with van der Waals surface area (Å²) in [4.78, 5) is 10.5. The summed E-state index contributed by atoms with van der Waals surface area (Å²) < 4.78 is 21.2. The van der Waals surface area contributed by atoms with Crippen LogP contribution in [0.4, 0.5) is 0 Å². The highest BCUT2D eigenvalue weighted by Gasteiger charge is 2.49. The zero-order chi connectivity index (χ0) is 7.99. The number of sulfone groups is 1. The van der Waals surface area contributed by atoms with Crippen molar-refractivity contribution in [2.45, 2.75) is 6.92 Å². The standard InChI is InChI=1S/C5H9NO3S/c1-5(4(6)7)2-10(8,9)3-5/h2-3H2,1H3,(H2,6,7). The van der Waals surface area contributed by atoms with Gasteiger partial charge in [-0.2, -0.15) is 0 Å². The molecule has 0 aliphatic carbocycles. The van der Waals surface area contributed by atoms with E-state index in [1.807, 2.05) is 0 Å². The van der Waals surface area contributed by atoms with Gasteiger partial charge in [-0.25, -0.2) is 8.42 Å². The second kappa shape index (κ2) is 1.72. The van der Waals surface area contributed by atoms with E-state index in [2.05, 4.69) is 0 Å². The van der Waals surface area contributed by atoms with Gasteiger partial charge in [0, 0.05) is 0 Å². The first-order chi connectivity index (χ1) is 4.36. The Morgan fingerprint density at radius 2 is 1.90 bits per heavy atom. The van der Waals surface area contributed by atoms with Crippen LogP contribution < -0.4 is 5.73 Å². The van der Waals surface area contributed by atoms with E-state index in [0.717, 1.165) is 0 Å². The van der Waals surface area contributed by atoms with Gasteiger partial charge in [0.2, 0.25) is 5.91 Å². The normalized spacial score (nSPS) is 26.9. The molecule has 1 saturated heterocycles. The summed E-state index contributed by atoms with van der Waals surface area (Å²) in [5, 5.41) is 0. The molecule has 0 aromatic heterocycles. The molecule has 0 unspecified atom stereocenters. The van der Waals surface area contributed by atoms with Gasteiger partial charge in [-0.1, -0.05) is 0 Å². The highest BCUT2D eigenvalue weighted by molar-refractivity contribution is 7.93. The first-order valence-electron chi connectivity index (χ1n) is 2.86. The van der Waals surface area contributed by atoms with Crippen molar-refractivity contribution in [2.75, 3.05) is 11.5 Å². The largest absolute Gasteiger partial charge is 0.369 e. The maximum absolute atomic E-state index is 10.6. The fraction of sp³-hybridized carbons (Fsp3) is 0.800. The molecule has 5 heteroatoms. The van der Waals surface area contributed by atoms with Crippen LogP contribution in [-0.4, -0.2) is 25.8 Å². The molecule has 1 aliphatic rings. The molecular weight excluding hydrogens is 154 g/mol. The lowest BCUT2D eigenvalue weighted by atomic mass is 9.94. The number of rotatable bonds is 1. The van der Waals surface area contributed by atoms with Crippen LogP contribution >= 0.6 is 0 Å². The van der Waals surface area contributed by atoms with Crippen LogP contribution in [0.1, 0.15) is 6.92 Å². The number of hydrogen-bond acceptors (Lipinski definition) is 3. The summed E-state index contributed by atoms with van der Waals surface area (Å²) >= 11 is 0. The molecule has 4 nitrogen and oxygen atoms in total. The molecule has 10 heavy (non-hydrogen) atoms. The zero-order valence-corrected chi connectivity index (χ0v) is 6.44. The summed E-state index contributed by atoms with van der Waals surface area (Å²) in [7, 11) is -2.93. The van der Waals surface area contributed by atoms with E-state index in [1.54, 1.807) is 6.92 Å². The molecule has 0 saturated carbocycles. The molecule has 0 bridgehead atoms. The SMILES string of the molecule is CC1(C(N)=O)CS(=O)(=O)C1. The Balaban J connectivity index is 2.76. The summed E-state index contributed by atoms with van der Waals surface area (Å²) in [6.45, 7) is 1.57. The monoisotopic (exact) mass is 163 g/mol. The minimum absolute atomic E-state index is 0.0880. The molecule has 58 valence electrons. The minimum atomic E-state index is -2.93. The fourth-order valence-electron chi connectivity index (χ4n) is 1.07. The maximum Gasteiger partial charge on any atom is 0.225 e. The molecule has 0 aromatic rings. The summed E-state index contributed by atoms with van der Waals surface area (Å²) in [6, 6.07) is 0. The Kier molecular flexibility index (Phi) is 1.29. The number of carbonyl (C=O) groups excluding carboxylic acids is 1. The van der Waals surface area contributed by atoms with Crippen molar-refractivity contribution < 1.29 is 13.2 Å². The lowest BCUT2D eigenvalue weighted by Crippen LogP contribution is -2.54. The first kappa shape index (κ1) is 7.53. The molecule has 1 rings (SSSR count). The van der Waals surface area contributed by atoms with Gasteiger partial charge in [0.15, 0.2) is 9.84 Å². The van der Waals surface area contributed by atoms with Crippen molar-refractivity contribution in [2.24, 2.45) is 11.1 Å². The third-order valence-electron chi connectivity index (χ3n) is 1.67. The average Bonchev–Trinajstić information content (AvgIpc) is 1.59. The van der Waals surface area contributed by atoms with Crippen LogP contribution in [0.15, 0.2) is 0 Å². The molecule has 1 fully saturated rings. The third kappa shape index (κ3) is 1.01. The molecular formula is C5H9NO3S. The number of carbonyl (C=O) groups is 1. The third-order valence-corrected chi connectivity index (χ3v) is 3.83. The van der Waals surface area contributed by atoms with Gasteiger partial charge in [0.25, 0.3) is 0 Å². The predicted octanol–water partition coefficient (Wildman–Crippen LogP) is -1.09. The summed E-state index contributed by atoms with van der Waals surface area (Å²) in [5.41, 5.74) is 4.16. The van der Waals surface area contributed by atoms with Crippen molar-refractivity contribution in [1.29, 1.82) is 0 Å². The predicted molar refractivity (Wildman–Crippen MR) is 36.0 cm³/mol. The quantitative estimate of drug-likeness (QED) is 0.533. The number of hydrogen-bond donors (Lipinski definition) is 1. The van der Waals surface area contributed by atoms with Gasteiger partial charge in [-0.15, -0.1) is 0 Å². The van der Waals surface area contributed by atoms with Crippen LogP contribution in [0.3, 0.4) is 0 Å². The molecule has 1 aliphatic heterocycles. The van der Waals surface area contributed by atoms with E-state index in [0.29, 0.717) is 0 Å². The van der Waals surface area contributed by atoms with Gasteiger partial charge in [-0.3, -0.25) is 4.79 Å². The fourth-order valence-corrected chi connectivity index (χ4v) is 3.21. The van der Waals surface area contributed by atoms with E-state index in [9.17, 15) is 13.2 Å². The van der Waals surface area contributed by atoms with Crippen molar-refractivity contribution in [1.82, 2.24) is 0 Å². The Labute approximate surface area is 59.3 Å². The van der Waals surface area contributed by atoms with Gasteiger partial charge in [-0.05, 0) is 6.92 Å². The van der Waals surface area contributed by atoms with Gasteiger partial charge in [0.1, 0.15) is 0 Å². The Hall–Kier alpha value is -0.580. The van der Waals surface area contributed by atoms with Crippen molar-refractivity contribution in [3.8, 4) is 0 Å². The Bertz CT molecular complexity index is 255. The Morgan fingerprint density at radius 3 is 2.00 bits per heavy atom. The minimum Gasteiger partial charge on any atom is -0.369 e.